The van der Waals surface area contributed by atoms with E-state index >= 15 is 0 Å². The molecule has 160 valence electrons. The van der Waals surface area contributed by atoms with Crippen molar-refractivity contribution >= 4 is 36.1 Å². The summed E-state index contributed by atoms with van der Waals surface area (Å²) in [5, 5.41) is 11.1. The highest BCUT2D eigenvalue weighted by molar-refractivity contribution is 8.03. The van der Waals surface area contributed by atoms with Gasteiger partial charge >= 0.3 is 0 Å². The van der Waals surface area contributed by atoms with Crippen LogP contribution in [0.5, 0.6) is 0 Å². The van der Waals surface area contributed by atoms with E-state index in [1.807, 2.05) is 30.3 Å². The first kappa shape index (κ1) is 22.5. The molecule has 3 rings (SSSR count). The van der Waals surface area contributed by atoms with Gasteiger partial charge in [0.15, 0.2) is 0 Å². The van der Waals surface area contributed by atoms with Crippen molar-refractivity contribution < 1.29 is 4.92 Å². The number of non-ortho nitro benzene ring substituents is 1. The van der Waals surface area contributed by atoms with E-state index in [9.17, 15) is 10.1 Å². The van der Waals surface area contributed by atoms with Crippen molar-refractivity contribution in [1.29, 1.82) is 0 Å². The molecule has 1 heterocycles. The number of allylic oxidation sites excluding steroid dienone is 2. The highest BCUT2D eigenvalue weighted by atomic mass is 32.2. The van der Waals surface area contributed by atoms with Crippen molar-refractivity contribution in [3.8, 4) is 0 Å². The summed E-state index contributed by atoms with van der Waals surface area (Å²) < 4.78 is 0. The first-order chi connectivity index (χ1) is 15.1. The summed E-state index contributed by atoms with van der Waals surface area (Å²) >= 11 is 1.72. The highest BCUT2D eigenvalue weighted by Gasteiger charge is 2.19. The zero-order chi connectivity index (χ0) is 22.1. The van der Waals surface area contributed by atoms with E-state index in [1.165, 1.54) is 11.8 Å². The minimum Gasteiger partial charge on any atom is -0.405 e. The number of rotatable bonds is 9. The van der Waals surface area contributed by atoms with E-state index in [-0.39, 0.29) is 10.6 Å². The van der Waals surface area contributed by atoms with Gasteiger partial charge in [0.25, 0.3) is 5.69 Å². The molecule has 0 atom stereocenters. The predicted octanol–water partition coefficient (Wildman–Crippen LogP) is 4.60. The number of nitrogens with zero attached hydrogens (tertiary/aromatic N) is 4. The average molecular weight is 436 g/mol. The molecule has 2 aromatic carbocycles. The second-order valence-electron chi connectivity index (χ2n) is 7.07. The Bertz CT molecular complexity index is 1020. The zero-order valence-corrected chi connectivity index (χ0v) is 18.0. The summed E-state index contributed by atoms with van der Waals surface area (Å²) in [4.78, 5) is 22.4. The molecule has 1 aliphatic heterocycles. The molecule has 0 saturated carbocycles. The molecule has 2 aromatic rings. The number of nitro groups is 1. The molecule has 0 spiro atoms. The van der Waals surface area contributed by atoms with Gasteiger partial charge in [-0.3, -0.25) is 25.0 Å². The normalized spacial score (nSPS) is 14.8. The van der Waals surface area contributed by atoms with Gasteiger partial charge in [-0.15, -0.1) is 11.8 Å². The third-order valence-corrected chi connectivity index (χ3v) is 6.01. The minimum atomic E-state index is -0.337. The van der Waals surface area contributed by atoms with Gasteiger partial charge in [0, 0.05) is 54.8 Å². The van der Waals surface area contributed by atoms with E-state index in [0.29, 0.717) is 6.54 Å². The largest absolute Gasteiger partial charge is 0.405 e. The SMILES string of the molecule is C=N/C=C(/Cc1ccc(N=CC=CN)cc1)SCN1CCc2ccc([N+](=O)[O-])cc2C1. The highest BCUT2D eigenvalue weighted by Crippen LogP contribution is 2.28. The van der Waals surface area contributed by atoms with Crippen molar-refractivity contribution in [2.75, 3.05) is 12.4 Å². The summed E-state index contributed by atoms with van der Waals surface area (Å²) in [7, 11) is 0. The summed E-state index contributed by atoms with van der Waals surface area (Å²) in [6, 6.07) is 13.2. The number of hydrogen-bond donors (Lipinski definition) is 1. The molecule has 31 heavy (non-hydrogen) atoms. The van der Waals surface area contributed by atoms with Crippen molar-refractivity contribution in [3.05, 3.63) is 92.7 Å². The van der Waals surface area contributed by atoms with Crippen LogP contribution in [0.4, 0.5) is 11.4 Å². The number of fused-ring (bicyclic) bond motifs is 1. The standard InChI is InChI=1S/C23H25N5O2S/c1-25-15-23(13-18-3-6-21(7-4-18)26-11-2-10-24)31-17-27-12-9-19-5-8-22(28(29)30)14-20(19)16-27/h2-8,10-11,14-15H,1,9,12-13,16-17,24H2/b10-2?,23-15-,26-11?. The molecule has 0 aliphatic carbocycles. The average Bonchev–Trinajstić information content (AvgIpc) is 2.78. The Labute approximate surface area is 186 Å². The van der Waals surface area contributed by atoms with E-state index in [1.54, 1.807) is 42.4 Å². The Hall–Kier alpha value is -3.23. The quantitative estimate of drug-likeness (QED) is 0.353. The van der Waals surface area contributed by atoms with E-state index in [0.717, 1.165) is 47.0 Å². The van der Waals surface area contributed by atoms with Crippen LogP contribution >= 0.6 is 11.8 Å². The lowest BCUT2D eigenvalue weighted by molar-refractivity contribution is -0.385. The number of thioether (sulfide) groups is 1. The molecule has 1 aliphatic rings. The van der Waals surface area contributed by atoms with Crippen LogP contribution in [0.25, 0.3) is 0 Å². The molecule has 0 fully saturated rings. The molecule has 2 N–H and O–H groups in total. The van der Waals surface area contributed by atoms with Crippen molar-refractivity contribution in [2.45, 2.75) is 19.4 Å². The number of benzene rings is 2. The number of nitrogens with two attached hydrogens (primary N) is 1. The Morgan fingerprint density at radius 1 is 1.26 bits per heavy atom. The van der Waals surface area contributed by atoms with Crippen LogP contribution < -0.4 is 5.73 Å². The van der Waals surface area contributed by atoms with Gasteiger partial charge in [0.2, 0.25) is 0 Å². The van der Waals surface area contributed by atoms with Gasteiger partial charge in [0.1, 0.15) is 0 Å². The first-order valence-corrected chi connectivity index (χ1v) is 10.8. The van der Waals surface area contributed by atoms with Gasteiger partial charge in [-0.2, -0.15) is 0 Å². The molecule has 0 amide bonds. The minimum absolute atomic E-state index is 0.150. The van der Waals surface area contributed by atoms with Crippen molar-refractivity contribution in [1.82, 2.24) is 4.90 Å². The molecule has 0 radical (unpaired) electrons. The first-order valence-electron chi connectivity index (χ1n) is 9.85. The molecule has 0 saturated heterocycles. The van der Waals surface area contributed by atoms with Crippen molar-refractivity contribution in [3.63, 3.8) is 0 Å². The Morgan fingerprint density at radius 2 is 2.06 bits per heavy atom. The van der Waals surface area contributed by atoms with Gasteiger partial charge in [-0.05, 0) is 54.2 Å². The second-order valence-corrected chi connectivity index (χ2v) is 8.14. The monoisotopic (exact) mass is 435 g/mol. The van der Waals surface area contributed by atoms with Gasteiger partial charge in [-0.1, -0.05) is 18.2 Å². The Balaban J connectivity index is 1.59. The van der Waals surface area contributed by atoms with Crippen LogP contribution in [0.15, 0.2) is 75.8 Å². The molecule has 0 bridgehead atoms. The fourth-order valence-electron chi connectivity index (χ4n) is 3.32. The van der Waals surface area contributed by atoms with Gasteiger partial charge < -0.3 is 5.73 Å². The van der Waals surface area contributed by atoms with Gasteiger partial charge in [-0.25, -0.2) is 0 Å². The topological polar surface area (TPSA) is 97.1 Å². The maximum absolute atomic E-state index is 11.1. The third kappa shape index (κ3) is 6.63. The van der Waals surface area contributed by atoms with Crippen LogP contribution in [0.1, 0.15) is 16.7 Å². The lowest BCUT2D eigenvalue weighted by Gasteiger charge is -2.28. The lowest BCUT2D eigenvalue weighted by Crippen LogP contribution is -2.30. The van der Waals surface area contributed by atoms with Crippen LogP contribution in [0, 0.1) is 10.1 Å². The molecular formula is C23H25N5O2S. The smallest absolute Gasteiger partial charge is 0.269 e. The lowest BCUT2D eigenvalue weighted by atomic mass is 9.99. The third-order valence-electron chi connectivity index (χ3n) is 4.90. The van der Waals surface area contributed by atoms with E-state index < -0.39 is 0 Å². The van der Waals surface area contributed by atoms with Crippen LogP contribution in [-0.2, 0) is 19.4 Å². The van der Waals surface area contributed by atoms with Crippen LogP contribution in [-0.4, -0.2) is 35.2 Å². The zero-order valence-electron chi connectivity index (χ0n) is 17.2. The van der Waals surface area contributed by atoms with E-state index in [4.69, 9.17) is 5.73 Å². The van der Waals surface area contributed by atoms with Crippen LogP contribution in [0.2, 0.25) is 0 Å². The molecular weight excluding hydrogens is 410 g/mol. The maximum Gasteiger partial charge on any atom is 0.269 e. The molecule has 7 nitrogen and oxygen atoms in total. The summed E-state index contributed by atoms with van der Waals surface area (Å²) in [5.41, 5.74) is 9.71. The van der Waals surface area contributed by atoms with Crippen molar-refractivity contribution in [2.24, 2.45) is 15.7 Å². The summed E-state index contributed by atoms with van der Waals surface area (Å²) in [6.07, 6.45) is 8.23. The van der Waals surface area contributed by atoms with E-state index in [2.05, 4.69) is 21.6 Å². The number of aliphatic imine (C=N–C) groups is 2. The molecule has 0 unspecified atom stereocenters. The number of nitro benzene ring substituents is 1. The Morgan fingerprint density at radius 3 is 2.77 bits per heavy atom. The summed E-state index contributed by atoms with van der Waals surface area (Å²) in [6.45, 7) is 5.23. The Kier molecular flexibility index (Phi) is 8.14. The number of hydrogen-bond acceptors (Lipinski definition) is 7. The molecule has 8 heteroatoms. The predicted molar refractivity (Wildman–Crippen MR) is 129 cm³/mol. The molecule has 0 aromatic heterocycles. The second kappa shape index (κ2) is 11.2. The van der Waals surface area contributed by atoms with Gasteiger partial charge in [0.05, 0.1) is 10.6 Å². The fraction of sp³-hybridized carbons (Fsp3) is 0.217. The maximum atomic E-state index is 11.1. The fourth-order valence-corrected chi connectivity index (χ4v) is 4.30. The van der Waals surface area contributed by atoms with Crippen LogP contribution in [0.3, 0.4) is 0 Å². The summed E-state index contributed by atoms with van der Waals surface area (Å²) in [5.74, 6) is 0.789.